The molecule has 12 atom stereocenters. The lowest BCUT2D eigenvalue weighted by atomic mass is 9.97. The Balaban J connectivity index is 1.71. The van der Waals surface area contributed by atoms with Crippen LogP contribution in [0.3, 0.4) is 0 Å². The molecule has 0 radical (unpaired) electrons. The van der Waals surface area contributed by atoms with Gasteiger partial charge in [0, 0.05) is 6.42 Å². The lowest BCUT2D eigenvalue weighted by Crippen LogP contribution is -2.65. The van der Waals surface area contributed by atoms with Crippen molar-refractivity contribution in [3.63, 3.8) is 0 Å². The molecule has 2 rings (SSSR count). The highest BCUT2D eigenvalue weighted by atomic mass is 16.7. The first-order valence-electron chi connectivity index (χ1n) is 34.0. The van der Waals surface area contributed by atoms with E-state index in [0.29, 0.717) is 6.42 Å². The minimum Gasteiger partial charge on any atom is -0.394 e. The molecule has 2 aliphatic rings. The lowest BCUT2D eigenvalue weighted by molar-refractivity contribution is -0.359. The number of rotatable bonds is 55. The Morgan fingerprint density at radius 3 is 1.28 bits per heavy atom. The second kappa shape index (κ2) is 53.9. The van der Waals surface area contributed by atoms with E-state index in [9.17, 15) is 45.6 Å². The second-order valence-corrected chi connectivity index (χ2v) is 23.9. The molecule has 14 heteroatoms. The van der Waals surface area contributed by atoms with Gasteiger partial charge in [-0.3, -0.25) is 4.79 Å². The predicted molar refractivity (Wildman–Crippen MR) is 337 cm³/mol. The highest BCUT2D eigenvalue weighted by Gasteiger charge is 2.51. The summed E-state index contributed by atoms with van der Waals surface area (Å²) in [5.41, 5.74) is 0. The van der Waals surface area contributed by atoms with Gasteiger partial charge in [-0.1, -0.05) is 274 Å². The van der Waals surface area contributed by atoms with Crippen LogP contribution in [-0.4, -0.2) is 140 Å². The third kappa shape index (κ3) is 38.6. The third-order valence-electron chi connectivity index (χ3n) is 16.5. The number of aliphatic hydroxyl groups is 8. The van der Waals surface area contributed by atoms with Crippen molar-refractivity contribution in [3.05, 3.63) is 60.8 Å². The number of aliphatic hydroxyl groups excluding tert-OH is 8. The van der Waals surface area contributed by atoms with E-state index < -0.39 is 86.8 Å². The number of hydrogen-bond acceptors (Lipinski definition) is 13. The average molecular weight is 1180 g/mol. The lowest BCUT2D eigenvalue weighted by Gasteiger charge is -2.46. The first-order valence-corrected chi connectivity index (χ1v) is 34.0. The molecule has 0 aromatic rings. The first kappa shape index (κ1) is 76.8. The molecule has 2 aliphatic heterocycles. The Labute approximate surface area is 505 Å². The molecule has 0 aromatic heterocycles. The Morgan fingerprint density at radius 1 is 0.446 bits per heavy atom. The van der Waals surface area contributed by atoms with Gasteiger partial charge in [0.25, 0.3) is 0 Å². The van der Waals surface area contributed by atoms with Gasteiger partial charge in [0.1, 0.15) is 48.8 Å². The first-order chi connectivity index (χ1) is 40.6. The summed E-state index contributed by atoms with van der Waals surface area (Å²) in [6.07, 6.45) is 54.1. The molecule has 12 unspecified atom stereocenters. The van der Waals surface area contributed by atoms with Crippen LogP contribution in [0.15, 0.2) is 60.8 Å². The monoisotopic (exact) mass is 1180 g/mol. The van der Waals surface area contributed by atoms with E-state index in [-0.39, 0.29) is 18.9 Å². The molecule has 0 saturated carbocycles. The summed E-state index contributed by atoms with van der Waals surface area (Å²) in [6.45, 7) is 2.71. The number of carbonyl (C=O) groups excluding carboxylic acids is 1. The van der Waals surface area contributed by atoms with Gasteiger partial charge in [0.15, 0.2) is 12.6 Å². The van der Waals surface area contributed by atoms with Crippen LogP contribution >= 0.6 is 0 Å². The minimum atomic E-state index is -1.79. The van der Waals surface area contributed by atoms with Crippen LogP contribution in [0.2, 0.25) is 0 Å². The predicted octanol–water partition coefficient (Wildman–Crippen LogP) is 13.3. The van der Waals surface area contributed by atoms with Crippen molar-refractivity contribution in [1.29, 1.82) is 0 Å². The largest absolute Gasteiger partial charge is 0.394 e. The molecule has 2 fully saturated rings. The number of amides is 1. The molecule has 1 amide bonds. The number of ether oxygens (including phenoxy) is 4. The van der Waals surface area contributed by atoms with E-state index in [1.54, 1.807) is 6.08 Å². The van der Waals surface area contributed by atoms with Gasteiger partial charge in [-0.05, 0) is 57.8 Å². The Hall–Kier alpha value is -2.31. The summed E-state index contributed by atoms with van der Waals surface area (Å²) in [6, 6.07) is -0.921. The summed E-state index contributed by atoms with van der Waals surface area (Å²) in [4.78, 5) is 13.3. The Bertz CT molecular complexity index is 1620. The molecule has 0 spiro atoms. The van der Waals surface area contributed by atoms with E-state index in [1.165, 1.54) is 180 Å². The van der Waals surface area contributed by atoms with Crippen LogP contribution in [0.5, 0.6) is 0 Å². The number of unbranched alkanes of at least 4 members (excludes halogenated alkanes) is 34. The van der Waals surface area contributed by atoms with E-state index in [2.05, 4.69) is 67.8 Å². The normalized spacial score (nSPS) is 24.2. The molecule has 14 nitrogen and oxygen atoms in total. The molecule has 0 aliphatic carbocycles. The van der Waals surface area contributed by atoms with Gasteiger partial charge in [-0.15, -0.1) is 0 Å². The molecule has 484 valence electrons. The van der Waals surface area contributed by atoms with E-state index in [4.69, 9.17) is 18.9 Å². The van der Waals surface area contributed by atoms with Crippen molar-refractivity contribution >= 4 is 5.91 Å². The number of allylic oxidation sites excluding steroid dienone is 9. The van der Waals surface area contributed by atoms with Crippen molar-refractivity contribution in [2.75, 3.05) is 19.8 Å². The molecular formula is C69H125NO13. The van der Waals surface area contributed by atoms with Crippen LogP contribution in [-0.2, 0) is 23.7 Å². The van der Waals surface area contributed by atoms with E-state index in [0.717, 1.165) is 70.6 Å². The van der Waals surface area contributed by atoms with Crippen LogP contribution in [0.4, 0.5) is 0 Å². The molecule has 83 heavy (non-hydrogen) atoms. The fraction of sp³-hybridized carbons (Fsp3) is 0.841. The maximum Gasteiger partial charge on any atom is 0.220 e. The van der Waals surface area contributed by atoms with Gasteiger partial charge < -0.3 is 65.1 Å². The number of carbonyl (C=O) groups is 1. The molecule has 0 aromatic carbocycles. The van der Waals surface area contributed by atoms with Crippen molar-refractivity contribution in [2.45, 2.75) is 351 Å². The zero-order chi connectivity index (χ0) is 60.2. The molecule has 2 saturated heterocycles. The standard InChI is InChI=1S/C69H125NO13/c1-3-5-7-9-11-13-15-17-19-21-23-25-27-28-29-31-32-34-36-38-40-42-44-46-48-50-52-58(73)57(56-80-68-66(79)64(77)67(60(55-72)82-68)83-69-65(78)63(76)62(75)59(54-71)81-69)70-61(74)53-51-49-47-45-43-41-39-37-35-33-30-26-24-22-20-18-16-14-12-10-8-6-4-2/h6,8,12,14,18,20,24,26,50,52,57-60,62-69,71-73,75-79H,3-5,7,9-11,13,15-17,19,21-23,25,27-49,51,53-56H2,1-2H3,(H,70,74)/b8-6-,14-12-,20-18-,26-24-,52-50+. The summed E-state index contributed by atoms with van der Waals surface area (Å²) in [7, 11) is 0. The maximum atomic E-state index is 13.3. The fourth-order valence-corrected chi connectivity index (χ4v) is 11.0. The molecule has 2 heterocycles. The van der Waals surface area contributed by atoms with Gasteiger partial charge in [-0.2, -0.15) is 0 Å². The minimum absolute atomic E-state index is 0.243. The quantitative estimate of drug-likeness (QED) is 0.0204. The highest BCUT2D eigenvalue weighted by molar-refractivity contribution is 5.76. The Kier molecular flexibility index (Phi) is 49.9. The van der Waals surface area contributed by atoms with E-state index >= 15 is 0 Å². The summed E-state index contributed by atoms with van der Waals surface area (Å²) in [5, 5.41) is 87.4. The highest BCUT2D eigenvalue weighted by Crippen LogP contribution is 2.30. The Morgan fingerprint density at radius 2 is 0.831 bits per heavy atom. The van der Waals surface area contributed by atoms with Crippen LogP contribution < -0.4 is 5.32 Å². The fourth-order valence-electron chi connectivity index (χ4n) is 11.0. The topological polar surface area (TPSA) is 228 Å². The van der Waals surface area contributed by atoms with Crippen molar-refractivity contribution in [3.8, 4) is 0 Å². The van der Waals surface area contributed by atoms with Crippen molar-refractivity contribution < 1.29 is 64.6 Å². The summed E-state index contributed by atoms with van der Waals surface area (Å²) < 4.78 is 22.8. The second-order valence-electron chi connectivity index (χ2n) is 23.9. The summed E-state index contributed by atoms with van der Waals surface area (Å²) >= 11 is 0. The van der Waals surface area contributed by atoms with Crippen molar-refractivity contribution in [1.82, 2.24) is 5.32 Å². The van der Waals surface area contributed by atoms with Gasteiger partial charge in [0.05, 0.1) is 32.0 Å². The van der Waals surface area contributed by atoms with Crippen LogP contribution in [0.25, 0.3) is 0 Å². The van der Waals surface area contributed by atoms with Crippen LogP contribution in [0, 0.1) is 0 Å². The maximum absolute atomic E-state index is 13.3. The smallest absolute Gasteiger partial charge is 0.220 e. The zero-order valence-corrected chi connectivity index (χ0v) is 52.4. The zero-order valence-electron chi connectivity index (χ0n) is 52.4. The number of hydrogen-bond donors (Lipinski definition) is 9. The van der Waals surface area contributed by atoms with Gasteiger partial charge in [-0.25, -0.2) is 0 Å². The SMILES string of the molecule is CC/C=C\C/C=C\C/C=C\C/C=C\CCCCCCCCCCCCC(=O)NC(COC1OC(CO)C(OC2OC(CO)C(O)C(O)C2O)C(O)C1O)C(O)/C=C/CCCCCCCCCCCCCCCCCCCCCCCCCC. The van der Waals surface area contributed by atoms with Crippen LogP contribution in [0.1, 0.15) is 277 Å². The molecule has 0 bridgehead atoms. The third-order valence-corrected chi connectivity index (χ3v) is 16.5. The van der Waals surface area contributed by atoms with E-state index in [1.807, 2.05) is 6.08 Å². The van der Waals surface area contributed by atoms with Crippen molar-refractivity contribution in [2.24, 2.45) is 0 Å². The molecular weight excluding hydrogens is 1050 g/mol. The molecule has 9 N–H and O–H groups in total. The summed E-state index contributed by atoms with van der Waals surface area (Å²) in [5.74, 6) is -0.243. The average Bonchev–Trinajstić information content (AvgIpc) is 3.64. The van der Waals surface area contributed by atoms with Gasteiger partial charge in [0.2, 0.25) is 5.91 Å². The van der Waals surface area contributed by atoms with Gasteiger partial charge >= 0.3 is 0 Å². The number of nitrogens with one attached hydrogen (secondary N) is 1.